The van der Waals surface area contributed by atoms with E-state index >= 15 is 0 Å². The van der Waals surface area contributed by atoms with Crippen LogP contribution < -0.4 is 10.5 Å². The zero-order chi connectivity index (χ0) is 12.2. The van der Waals surface area contributed by atoms with Gasteiger partial charge in [0.2, 0.25) is 5.03 Å². The van der Waals surface area contributed by atoms with E-state index in [4.69, 9.17) is 5.73 Å². The number of unbranched alkanes of at least 4 members (excludes halogenated alkanes) is 1. The van der Waals surface area contributed by atoms with E-state index in [-0.39, 0.29) is 9.63 Å². The molecule has 0 amide bonds. The first-order chi connectivity index (χ1) is 7.49. The Labute approximate surface area is 103 Å². The molecule has 1 rings (SSSR count). The standard InChI is InChI=1S/C7H14BrN5O2S/c1-13-7(6(8)11-12-13)16(14,15)10-5-3-2-4-9/h10H,2-5,9H2,1H3. The largest absolute Gasteiger partial charge is 0.330 e. The molecule has 9 heteroatoms. The van der Waals surface area contributed by atoms with Gasteiger partial charge < -0.3 is 5.73 Å². The van der Waals surface area contributed by atoms with E-state index in [1.54, 1.807) is 0 Å². The number of nitrogens with two attached hydrogens (primary N) is 1. The molecule has 0 spiro atoms. The lowest BCUT2D eigenvalue weighted by molar-refractivity contribution is 0.557. The van der Waals surface area contributed by atoms with E-state index in [0.717, 1.165) is 6.42 Å². The summed E-state index contributed by atoms with van der Waals surface area (Å²) in [4.78, 5) is 0. The van der Waals surface area contributed by atoms with Crippen LogP contribution in [-0.4, -0.2) is 36.5 Å². The van der Waals surface area contributed by atoms with Crippen molar-refractivity contribution in [2.75, 3.05) is 13.1 Å². The summed E-state index contributed by atoms with van der Waals surface area (Å²) in [6.45, 7) is 0.913. The molecule has 92 valence electrons. The maximum absolute atomic E-state index is 11.8. The van der Waals surface area contributed by atoms with Crippen LogP contribution in [0.3, 0.4) is 0 Å². The van der Waals surface area contributed by atoms with E-state index in [1.165, 1.54) is 11.7 Å². The van der Waals surface area contributed by atoms with Gasteiger partial charge in [0.25, 0.3) is 10.0 Å². The zero-order valence-corrected chi connectivity index (χ0v) is 11.3. The molecule has 7 nitrogen and oxygen atoms in total. The fourth-order valence-electron chi connectivity index (χ4n) is 1.15. The smallest absolute Gasteiger partial charge is 0.260 e. The van der Waals surface area contributed by atoms with Crippen molar-refractivity contribution in [3.8, 4) is 0 Å². The molecule has 0 unspecified atom stereocenters. The van der Waals surface area contributed by atoms with Crippen molar-refractivity contribution < 1.29 is 8.42 Å². The molecule has 0 aromatic carbocycles. The third-order valence-corrected chi connectivity index (χ3v) is 4.26. The van der Waals surface area contributed by atoms with Gasteiger partial charge in [0.05, 0.1) is 0 Å². The van der Waals surface area contributed by atoms with E-state index < -0.39 is 10.0 Å². The lowest BCUT2D eigenvalue weighted by Crippen LogP contribution is -2.27. The van der Waals surface area contributed by atoms with Gasteiger partial charge in [-0.25, -0.2) is 17.8 Å². The van der Waals surface area contributed by atoms with Crippen molar-refractivity contribution in [3.05, 3.63) is 4.60 Å². The molecule has 0 radical (unpaired) electrons. The number of sulfonamides is 1. The maximum Gasteiger partial charge on any atom is 0.260 e. The summed E-state index contributed by atoms with van der Waals surface area (Å²) in [5, 5.41) is 7.25. The number of hydrogen-bond donors (Lipinski definition) is 2. The Morgan fingerprint density at radius 1 is 1.50 bits per heavy atom. The number of nitrogens with one attached hydrogen (secondary N) is 1. The average molecular weight is 312 g/mol. The second-order valence-corrected chi connectivity index (χ2v) is 5.64. The highest BCUT2D eigenvalue weighted by Gasteiger charge is 2.22. The van der Waals surface area contributed by atoms with Crippen molar-refractivity contribution >= 4 is 26.0 Å². The molecule has 16 heavy (non-hydrogen) atoms. The molecule has 3 N–H and O–H groups in total. The minimum atomic E-state index is -3.56. The Bertz CT molecular complexity index is 424. The SMILES string of the molecule is Cn1nnc(Br)c1S(=O)(=O)NCCCCN. The quantitative estimate of drug-likeness (QED) is 0.696. The molecular formula is C7H14BrN5O2S. The summed E-state index contributed by atoms with van der Waals surface area (Å²) >= 11 is 3.04. The Hall–Kier alpha value is -0.510. The summed E-state index contributed by atoms with van der Waals surface area (Å²) in [5.74, 6) is 0. The average Bonchev–Trinajstić information content (AvgIpc) is 2.54. The van der Waals surface area contributed by atoms with E-state index in [9.17, 15) is 8.42 Å². The Balaban J connectivity index is 2.71. The second-order valence-electron chi connectivity index (χ2n) is 3.20. The minimum absolute atomic E-state index is 0.0280. The van der Waals surface area contributed by atoms with Crippen molar-refractivity contribution in [2.24, 2.45) is 12.8 Å². The summed E-state index contributed by atoms with van der Waals surface area (Å²) in [6.07, 6.45) is 1.49. The van der Waals surface area contributed by atoms with E-state index in [1.807, 2.05) is 0 Å². The topological polar surface area (TPSA) is 103 Å². The fourth-order valence-corrected chi connectivity index (χ4v) is 3.32. The first kappa shape index (κ1) is 13.6. The van der Waals surface area contributed by atoms with Crippen LogP contribution in [0.4, 0.5) is 0 Å². The molecule has 0 saturated heterocycles. The second kappa shape index (κ2) is 5.71. The molecule has 1 heterocycles. The van der Waals surface area contributed by atoms with Gasteiger partial charge in [-0.15, -0.1) is 5.10 Å². The molecule has 0 aliphatic carbocycles. The number of hydrogen-bond acceptors (Lipinski definition) is 5. The summed E-state index contributed by atoms with van der Waals surface area (Å²) in [6, 6.07) is 0. The van der Waals surface area contributed by atoms with Gasteiger partial charge in [-0.1, -0.05) is 5.21 Å². The highest BCUT2D eigenvalue weighted by molar-refractivity contribution is 9.10. The predicted molar refractivity (Wildman–Crippen MR) is 62.2 cm³/mol. The van der Waals surface area contributed by atoms with Crippen LogP contribution in [0.5, 0.6) is 0 Å². The molecule has 0 aliphatic heterocycles. The molecule has 0 bridgehead atoms. The minimum Gasteiger partial charge on any atom is -0.330 e. The Morgan fingerprint density at radius 2 is 2.19 bits per heavy atom. The van der Waals surface area contributed by atoms with Gasteiger partial charge in [-0.2, -0.15) is 0 Å². The van der Waals surface area contributed by atoms with Crippen molar-refractivity contribution in [1.82, 2.24) is 19.7 Å². The number of halogens is 1. The predicted octanol–water partition coefficient (Wildman–Crippen LogP) is -0.405. The third-order valence-electron chi connectivity index (χ3n) is 1.91. The first-order valence-corrected chi connectivity index (χ1v) is 7.01. The normalized spacial score (nSPS) is 11.9. The number of nitrogens with zero attached hydrogens (tertiary/aromatic N) is 3. The van der Waals surface area contributed by atoms with Crippen LogP contribution in [0.1, 0.15) is 12.8 Å². The molecule has 1 aromatic rings. The van der Waals surface area contributed by atoms with Gasteiger partial charge in [-0.05, 0) is 35.3 Å². The van der Waals surface area contributed by atoms with Crippen LogP contribution in [0.25, 0.3) is 0 Å². The monoisotopic (exact) mass is 311 g/mol. The summed E-state index contributed by atoms with van der Waals surface area (Å²) < 4.78 is 27.5. The third kappa shape index (κ3) is 3.24. The number of aryl methyl sites for hydroxylation is 1. The van der Waals surface area contributed by atoms with Crippen LogP contribution in [0.2, 0.25) is 0 Å². The van der Waals surface area contributed by atoms with E-state index in [0.29, 0.717) is 19.5 Å². The van der Waals surface area contributed by atoms with Crippen molar-refractivity contribution in [1.29, 1.82) is 0 Å². The summed E-state index contributed by atoms with van der Waals surface area (Å²) in [5.41, 5.74) is 5.31. The highest BCUT2D eigenvalue weighted by Crippen LogP contribution is 2.17. The van der Waals surface area contributed by atoms with Gasteiger partial charge in [0.1, 0.15) is 0 Å². The molecule has 0 fully saturated rings. The van der Waals surface area contributed by atoms with Gasteiger partial charge >= 0.3 is 0 Å². The van der Waals surface area contributed by atoms with Crippen LogP contribution in [0, 0.1) is 0 Å². The number of aromatic nitrogens is 3. The number of rotatable bonds is 6. The van der Waals surface area contributed by atoms with Crippen LogP contribution in [-0.2, 0) is 17.1 Å². The maximum atomic E-state index is 11.8. The van der Waals surface area contributed by atoms with Crippen LogP contribution >= 0.6 is 15.9 Å². The van der Waals surface area contributed by atoms with E-state index in [2.05, 4.69) is 31.0 Å². The first-order valence-electron chi connectivity index (χ1n) is 4.74. The Morgan fingerprint density at radius 3 is 2.69 bits per heavy atom. The molecular weight excluding hydrogens is 298 g/mol. The van der Waals surface area contributed by atoms with Gasteiger partial charge in [-0.3, -0.25) is 0 Å². The van der Waals surface area contributed by atoms with Gasteiger partial charge in [0.15, 0.2) is 4.60 Å². The zero-order valence-electron chi connectivity index (χ0n) is 8.85. The Kier molecular flexibility index (Phi) is 4.84. The lowest BCUT2D eigenvalue weighted by atomic mass is 10.3. The molecule has 0 aliphatic rings. The molecule has 0 atom stereocenters. The van der Waals surface area contributed by atoms with Crippen molar-refractivity contribution in [2.45, 2.75) is 17.9 Å². The van der Waals surface area contributed by atoms with Crippen molar-refractivity contribution in [3.63, 3.8) is 0 Å². The highest BCUT2D eigenvalue weighted by atomic mass is 79.9. The summed E-state index contributed by atoms with van der Waals surface area (Å²) in [7, 11) is -2.04. The van der Waals surface area contributed by atoms with Gasteiger partial charge in [0, 0.05) is 13.6 Å². The lowest BCUT2D eigenvalue weighted by Gasteiger charge is -2.05. The molecule has 1 aromatic heterocycles. The fraction of sp³-hybridized carbons (Fsp3) is 0.714. The van der Waals surface area contributed by atoms with Crippen LogP contribution in [0.15, 0.2) is 9.63 Å². The molecule has 0 saturated carbocycles.